The number of amides is 1. The lowest BCUT2D eigenvalue weighted by atomic mass is 10.0. The number of carbonyl (C=O) groups is 2. The number of methoxy groups -OCH3 is 1. The van der Waals surface area contributed by atoms with Crippen LogP contribution in [0.4, 0.5) is 14.5 Å². The summed E-state index contributed by atoms with van der Waals surface area (Å²) < 4.78 is 30.4. The number of ether oxygens (including phenoxy) is 1. The van der Waals surface area contributed by atoms with Crippen molar-refractivity contribution in [2.45, 2.75) is 24.0 Å². The van der Waals surface area contributed by atoms with Crippen molar-refractivity contribution in [1.82, 2.24) is 0 Å². The van der Waals surface area contributed by atoms with E-state index < -0.39 is 5.76 Å². The normalized spacial score (nSPS) is 10.6. The number of alkyl halides is 2. The van der Waals surface area contributed by atoms with E-state index in [1.54, 1.807) is 36.4 Å². The first-order valence-electron chi connectivity index (χ1n) is 7.42. The summed E-state index contributed by atoms with van der Waals surface area (Å²) in [6.45, 7) is 1.43. The molecule has 0 atom stereocenters. The molecule has 2 rings (SSSR count). The molecular formula is C18H17F2NO3S. The summed E-state index contributed by atoms with van der Waals surface area (Å²) in [6, 6.07) is 11.2. The number of hydrogen-bond donors (Lipinski definition) is 1. The molecule has 1 amide bonds. The molecular weight excluding hydrogens is 348 g/mol. The van der Waals surface area contributed by atoms with E-state index in [2.05, 4.69) is 5.32 Å². The molecule has 0 fully saturated rings. The Labute approximate surface area is 148 Å². The van der Waals surface area contributed by atoms with Gasteiger partial charge in [-0.15, -0.1) is 0 Å². The molecule has 7 heteroatoms. The van der Waals surface area contributed by atoms with Gasteiger partial charge in [-0.25, -0.2) is 0 Å². The second kappa shape index (κ2) is 8.62. The number of Topliss-reactive ketones (excluding diaryl/α,β-unsaturated/α-hetero) is 1. The van der Waals surface area contributed by atoms with Crippen molar-refractivity contribution in [1.29, 1.82) is 0 Å². The number of benzene rings is 2. The summed E-state index contributed by atoms with van der Waals surface area (Å²) in [6.07, 6.45) is -0.0437. The minimum absolute atomic E-state index is 0.0437. The Morgan fingerprint density at radius 2 is 1.92 bits per heavy atom. The van der Waals surface area contributed by atoms with Gasteiger partial charge in [-0.3, -0.25) is 9.59 Å². The number of nitrogens with one attached hydrogen (secondary N) is 1. The van der Waals surface area contributed by atoms with E-state index in [4.69, 9.17) is 4.74 Å². The van der Waals surface area contributed by atoms with Crippen LogP contribution in [0.5, 0.6) is 5.75 Å². The van der Waals surface area contributed by atoms with Gasteiger partial charge in [0.25, 0.3) is 5.76 Å². The first-order valence-corrected chi connectivity index (χ1v) is 8.30. The molecule has 25 heavy (non-hydrogen) atoms. The maximum Gasteiger partial charge on any atom is 0.288 e. The minimum atomic E-state index is -2.58. The Morgan fingerprint density at radius 3 is 2.56 bits per heavy atom. The summed E-state index contributed by atoms with van der Waals surface area (Å²) in [7, 11) is 1.47. The van der Waals surface area contributed by atoms with Crippen molar-refractivity contribution in [3.63, 3.8) is 0 Å². The molecule has 2 aromatic rings. The molecule has 2 aromatic carbocycles. The Kier molecular flexibility index (Phi) is 6.52. The zero-order valence-corrected chi connectivity index (χ0v) is 14.5. The molecule has 132 valence electrons. The molecule has 1 N–H and O–H groups in total. The summed E-state index contributed by atoms with van der Waals surface area (Å²) in [5.41, 5.74) is 1.34. The highest BCUT2D eigenvalue weighted by molar-refractivity contribution is 7.99. The van der Waals surface area contributed by atoms with Gasteiger partial charge >= 0.3 is 0 Å². The zero-order valence-electron chi connectivity index (χ0n) is 13.7. The molecule has 0 radical (unpaired) electrons. The SMILES string of the molecule is COc1ccc(C(C)=O)cc1CC(=O)Nc1ccccc1SC(F)F. The molecule has 0 spiro atoms. The van der Waals surface area contributed by atoms with Gasteiger partial charge < -0.3 is 10.1 Å². The van der Waals surface area contributed by atoms with Crippen molar-refractivity contribution >= 4 is 29.1 Å². The third kappa shape index (κ3) is 5.29. The van der Waals surface area contributed by atoms with Crippen molar-refractivity contribution in [2.24, 2.45) is 0 Å². The third-order valence-corrected chi connectivity index (χ3v) is 4.20. The Morgan fingerprint density at radius 1 is 1.20 bits per heavy atom. The molecule has 0 aliphatic rings. The largest absolute Gasteiger partial charge is 0.496 e. The number of anilines is 1. The number of halogens is 2. The molecule has 0 aromatic heterocycles. The van der Waals surface area contributed by atoms with E-state index in [1.165, 1.54) is 20.1 Å². The maximum atomic E-state index is 12.6. The van der Waals surface area contributed by atoms with Crippen molar-refractivity contribution in [3.8, 4) is 5.75 Å². The molecule has 0 aliphatic carbocycles. The quantitative estimate of drug-likeness (QED) is 0.584. The number of ketones is 1. The summed E-state index contributed by atoms with van der Waals surface area (Å²) in [4.78, 5) is 24.1. The second-order valence-electron chi connectivity index (χ2n) is 5.18. The highest BCUT2D eigenvalue weighted by atomic mass is 32.2. The molecule has 0 aliphatic heterocycles. The number of rotatable bonds is 7. The van der Waals surface area contributed by atoms with Crippen molar-refractivity contribution in [2.75, 3.05) is 12.4 Å². The maximum absolute atomic E-state index is 12.6. The molecule has 0 unspecified atom stereocenters. The van der Waals surface area contributed by atoms with Gasteiger partial charge in [-0.2, -0.15) is 8.78 Å². The topological polar surface area (TPSA) is 55.4 Å². The van der Waals surface area contributed by atoms with Gasteiger partial charge in [0.15, 0.2) is 5.78 Å². The van der Waals surface area contributed by atoms with E-state index in [1.807, 2.05) is 0 Å². The zero-order chi connectivity index (χ0) is 18.4. The number of carbonyl (C=O) groups excluding carboxylic acids is 2. The Balaban J connectivity index is 2.18. The minimum Gasteiger partial charge on any atom is -0.496 e. The lowest BCUT2D eigenvalue weighted by Crippen LogP contribution is -2.16. The first-order chi connectivity index (χ1) is 11.9. The lowest BCUT2D eigenvalue weighted by molar-refractivity contribution is -0.115. The van der Waals surface area contributed by atoms with Crippen LogP contribution in [0, 0.1) is 0 Å². The molecule has 0 saturated heterocycles. The van der Waals surface area contributed by atoms with Crippen LogP contribution in [-0.4, -0.2) is 24.6 Å². The van der Waals surface area contributed by atoms with Crippen LogP contribution in [0.3, 0.4) is 0 Å². The van der Waals surface area contributed by atoms with E-state index >= 15 is 0 Å². The fourth-order valence-electron chi connectivity index (χ4n) is 2.27. The fraction of sp³-hybridized carbons (Fsp3) is 0.222. The van der Waals surface area contributed by atoms with Crippen LogP contribution < -0.4 is 10.1 Å². The number of para-hydroxylation sites is 1. The van der Waals surface area contributed by atoms with Gasteiger partial charge in [0.05, 0.1) is 19.2 Å². The van der Waals surface area contributed by atoms with Gasteiger partial charge in [0, 0.05) is 16.0 Å². The second-order valence-corrected chi connectivity index (χ2v) is 6.21. The molecule has 0 saturated carbocycles. The predicted molar refractivity (Wildman–Crippen MR) is 93.6 cm³/mol. The van der Waals surface area contributed by atoms with Crippen LogP contribution in [0.25, 0.3) is 0 Å². The van der Waals surface area contributed by atoms with Crippen LogP contribution in [0.2, 0.25) is 0 Å². The summed E-state index contributed by atoms with van der Waals surface area (Å²) in [5.74, 6) is -2.61. The van der Waals surface area contributed by atoms with Gasteiger partial charge in [0.1, 0.15) is 5.75 Å². The van der Waals surface area contributed by atoms with E-state index in [9.17, 15) is 18.4 Å². The van der Waals surface area contributed by atoms with E-state index in [0.29, 0.717) is 34.3 Å². The van der Waals surface area contributed by atoms with Crippen LogP contribution in [-0.2, 0) is 11.2 Å². The van der Waals surface area contributed by atoms with Crippen LogP contribution in [0.1, 0.15) is 22.8 Å². The first kappa shape index (κ1) is 18.9. The highest BCUT2D eigenvalue weighted by Crippen LogP contribution is 2.32. The molecule has 0 heterocycles. The standard InChI is InChI=1S/C18H17F2NO3S/c1-11(22)12-7-8-15(24-2)13(9-12)10-17(23)21-14-5-3-4-6-16(14)25-18(19)20/h3-9,18H,10H2,1-2H3,(H,21,23). The Hall–Kier alpha value is -2.41. The van der Waals surface area contributed by atoms with E-state index in [0.717, 1.165) is 0 Å². The Bertz CT molecular complexity index is 781. The van der Waals surface area contributed by atoms with Crippen molar-refractivity contribution in [3.05, 3.63) is 53.6 Å². The summed E-state index contributed by atoms with van der Waals surface area (Å²) >= 11 is 0.370. The number of hydrogen-bond acceptors (Lipinski definition) is 4. The van der Waals surface area contributed by atoms with Gasteiger partial charge in [-0.05, 0) is 37.3 Å². The average Bonchev–Trinajstić information content (AvgIpc) is 2.56. The third-order valence-electron chi connectivity index (χ3n) is 3.42. The fourth-order valence-corrected chi connectivity index (χ4v) is 2.87. The van der Waals surface area contributed by atoms with Crippen molar-refractivity contribution < 1.29 is 23.1 Å². The van der Waals surface area contributed by atoms with Gasteiger partial charge in [0.2, 0.25) is 5.91 Å². The van der Waals surface area contributed by atoms with E-state index in [-0.39, 0.29) is 23.0 Å². The lowest BCUT2D eigenvalue weighted by Gasteiger charge is -2.12. The number of thioether (sulfide) groups is 1. The van der Waals surface area contributed by atoms with Gasteiger partial charge in [-0.1, -0.05) is 23.9 Å². The predicted octanol–water partition coefficient (Wildman–Crippen LogP) is 4.39. The van der Waals surface area contributed by atoms with Crippen LogP contribution >= 0.6 is 11.8 Å². The monoisotopic (exact) mass is 365 g/mol. The highest BCUT2D eigenvalue weighted by Gasteiger charge is 2.14. The molecule has 4 nitrogen and oxygen atoms in total. The average molecular weight is 365 g/mol. The smallest absolute Gasteiger partial charge is 0.288 e. The summed E-state index contributed by atoms with van der Waals surface area (Å²) in [5, 5.41) is 2.63. The molecule has 0 bridgehead atoms. The van der Waals surface area contributed by atoms with Crippen LogP contribution in [0.15, 0.2) is 47.4 Å².